The fraction of sp³-hybridized carbons (Fsp3) is 1.00. The fourth-order valence-corrected chi connectivity index (χ4v) is 2.11. The third kappa shape index (κ3) is 2.94. The van der Waals surface area contributed by atoms with E-state index in [2.05, 4.69) is 0 Å². The van der Waals surface area contributed by atoms with Gasteiger partial charge in [0.2, 0.25) is 0 Å². The first-order chi connectivity index (χ1) is 5.18. The van der Waals surface area contributed by atoms with Gasteiger partial charge in [0.25, 0.3) is 6.67 Å². The topological polar surface area (TPSA) is 63.5 Å². The minimum Gasteiger partial charge on any atom is -0.263 e. The average molecular weight is 178 g/mol. The second kappa shape index (κ2) is 3.77. The summed E-state index contributed by atoms with van der Waals surface area (Å²) >= 11 is 0. The van der Waals surface area contributed by atoms with Crippen LogP contribution >= 0.6 is 0 Å². The van der Waals surface area contributed by atoms with Crippen molar-refractivity contribution < 1.29 is 9.13 Å². The van der Waals surface area contributed by atoms with Crippen LogP contribution in [0.5, 0.6) is 0 Å². The van der Waals surface area contributed by atoms with Crippen LogP contribution < -0.4 is 0 Å². The van der Waals surface area contributed by atoms with Crippen molar-refractivity contribution in [2.45, 2.75) is 0 Å². The Kier molecular flexibility index (Phi) is 2.95. The standard InChI is InChI=1S/C5H10N2O3S/c8-7(9)5-6-1-3-11(10)4-2-6/h1-5H2. The van der Waals surface area contributed by atoms with E-state index in [0.29, 0.717) is 24.6 Å². The molecule has 0 aliphatic carbocycles. The number of hydrogen-bond acceptors (Lipinski definition) is 4. The van der Waals surface area contributed by atoms with Gasteiger partial charge in [0.05, 0.1) is 0 Å². The van der Waals surface area contributed by atoms with Gasteiger partial charge in [0.1, 0.15) is 0 Å². The lowest BCUT2D eigenvalue weighted by molar-refractivity contribution is -0.503. The number of hydrogen-bond donors (Lipinski definition) is 0. The van der Waals surface area contributed by atoms with Crippen molar-refractivity contribution in [2.24, 2.45) is 0 Å². The number of nitrogens with zero attached hydrogens (tertiary/aromatic N) is 2. The van der Waals surface area contributed by atoms with Gasteiger partial charge >= 0.3 is 0 Å². The lowest BCUT2D eigenvalue weighted by Gasteiger charge is -2.21. The Morgan fingerprint density at radius 1 is 1.45 bits per heavy atom. The Morgan fingerprint density at radius 2 is 2.00 bits per heavy atom. The molecule has 11 heavy (non-hydrogen) atoms. The zero-order valence-electron chi connectivity index (χ0n) is 6.06. The molecule has 1 heterocycles. The van der Waals surface area contributed by atoms with Crippen molar-refractivity contribution in [3.05, 3.63) is 10.1 Å². The average Bonchev–Trinajstić information content (AvgIpc) is 1.93. The molecule has 0 spiro atoms. The van der Waals surface area contributed by atoms with Crippen molar-refractivity contribution in [1.29, 1.82) is 0 Å². The lowest BCUT2D eigenvalue weighted by Crippen LogP contribution is -2.40. The first-order valence-electron chi connectivity index (χ1n) is 3.37. The highest BCUT2D eigenvalue weighted by atomic mass is 32.2. The zero-order valence-corrected chi connectivity index (χ0v) is 6.88. The monoisotopic (exact) mass is 178 g/mol. The van der Waals surface area contributed by atoms with Crippen molar-refractivity contribution >= 4 is 10.8 Å². The van der Waals surface area contributed by atoms with Crippen LogP contribution in [-0.2, 0) is 10.8 Å². The summed E-state index contributed by atoms with van der Waals surface area (Å²) in [6.07, 6.45) is 0. The second-order valence-corrected chi connectivity index (χ2v) is 4.14. The number of rotatable bonds is 2. The van der Waals surface area contributed by atoms with Crippen molar-refractivity contribution in [3.63, 3.8) is 0 Å². The van der Waals surface area contributed by atoms with E-state index >= 15 is 0 Å². The fourth-order valence-electron chi connectivity index (χ4n) is 0.980. The van der Waals surface area contributed by atoms with Gasteiger partial charge in [-0.05, 0) is 0 Å². The SMILES string of the molecule is O=[N+]([O-])CN1CCS(=O)CC1. The highest BCUT2D eigenvalue weighted by Crippen LogP contribution is 1.98. The molecule has 5 nitrogen and oxygen atoms in total. The molecular weight excluding hydrogens is 168 g/mol. The van der Waals surface area contributed by atoms with Gasteiger partial charge in [-0.25, -0.2) is 4.90 Å². The third-order valence-electron chi connectivity index (χ3n) is 1.59. The summed E-state index contributed by atoms with van der Waals surface area (Å²) < 4.78 is 10.8. The van der Waals surface area contributed by atoms with E-state index in [1.54, 1.807) is 4.90 Å². The molecule has 0 aromatic rings. The smallest absolute Gasteiger partial charge is 0.259 e. The first-order valence-corrected chi connectivity index (χ1v) is 4.86. The minimum atomic E-state index is -0.740. The Balaban J connectivity index is 2.28. The van der Waals surface area contributed by atoms with Gasteiger partial charge in [-0.3, -0.25) is 14.3 Å². The Morgan fingerprint density at radius 3 is 2.45 bits per heavy atom. The maximum Gasteiger partial charge on any atom is 0.259 e. The number of nitro groups is 1. The van der Waals surface area contributed by atoms with Gasteiger partial charge in [-0.15, -0.1) is 0 Å². The van der Waals surface area contributed by atoms with Crippen molar-refractivity contribution in [1.82, 2.24) is 4.90 Å². The molecule has 1 rings (SSSR count). The van der Waals surface area contributed by atoms with E-state index in [-0.39, 0.29) is 11.6 Å². The molecule has 0 aromatic carbocycles. The van der Waals surface area contributed by atoms with Gasteiger partial charge in [-0.1, -0.05) is 0 Å². The van der Waals surface area contributed by atoms with Gasteiger partial charge in [0.15, 0.2) is 0 Å². The molecule has 64 valence electrons. The molecule has 0 radical (unpaired) electrons. The predicted octanol–water partition coefficient (Wildman–Crippen LogP) is -0.715. The van der Waals surface area contributed by atoms with Crippen LogP contribution in [0, 0.1) is 10.1 Å². The van der Waals surface area contributed by atoms with E-state index in [0.717, 1.165) is 0 Å². The summed E-state index contributed by atoms with van der Waals surface area (Å²) in [7, 11) is -0.740. The summed E-state index contributed by atoms with van der Waals surface area (Å²) in [5.41, 5.74) is 0. The molecule has 1 fully saturated rings. The Labute approximate surface area is 67.0 Å². The van der Waals surface area contributed by atoms with Gasteiger partial charge in [0, 0.05) is 40.3 Å². The molecule has 1 aliphatic rings. The molecule has 0 saturated carbocycles. The van der Waals surface area contributed by atoms with Crippen LogP contribution in [0.1, 0.15) is 0 Å². The summed E-state index contributed by atoms with van der Waals surface area (Å²) in [6.45, 7) is 1.07. The van der Waals surface area contributed by atoms with E-state index in [4.69, 9.17) is 0 Å². The quantitative estimate of drug-likeness (QED) is 0.413. The molecule has 0 amide bonds. The highest BCUT2D eigenvalue weighted by molar-refractivity contribution is 7.85. The predicted molar refractivity (Wildman–Crippen MR) is 41.3 cm³/mol. The summed E-state index contributed by atoms with van der Waals surface area (Å²) in [5, 5.41) is 10.0. The van der Waals surface area contributed by atoms with Gasteiger partial charge < -0.3 is 0 Å². The molecular formula is C5H10N2O3S. The van der Waals surface area contributed by atoms with Crippen LogP contribution in [0.4, 0.5) is 0 Å². The van der Waals surface area contributed by atoms with E-state index in [1.165, 1.54) is 0 Å². The molecule has 0 aromatic heterocycles. The normalized spacial score (nSPS) is 21.8. The molecule has 1 aliphatic heterocycles. The largest absolute Gasteiger partial charge is 0.263 e. The van der Waals surface area contributed by atoms with Crippen LogP contribution in [0.3, 0.4) is 0 Å². The summed E-state index contributed by atoms with van der Waals surface area (Å²) in [4.78, 5) is 11.4. The molecule has 0 bridgehead atoms. The van der Waals surface area contributed by atoms with Crippen LogP contribution in [0.15, 0.2) is 0 Å². The zero-order chi connectivity index (χ0) is 8.27. The lowest BCUT2D eigenvalue weighted by atomic mass is 10.5. The Hall–Kier alpha value is -0.490. The molecule has 0 atom stereocenters. The Bertz CT molecular complexity index is 175. The van der Waals surface area contributed by atoms with Crippen LogP contribution in [0.25, 0.3) is 0 Å². The molecule has 0 N–H and O–H groups in total. The maximum atomic E-state index is 10.8. The van der Waals surface area contributed by atoms with E-state index < -0.39 is 10.8 Å². The van der Waals surface area contributed by atoms with Crippen LogP contribution in [-0.4, -0.2) is 45.3 Å². The summed E-state index contributed by atoms with van der Waals surface area (Å²) in [6, 6.07) is 0. The van der Waals surface area contributed by atoms with E-state index in [9.17, 15) is 14.3 Å². The molecule has 6 heteroatoms. The minimum absolute atomic E-state index is 0.114. The van der Waals surface area contributed by atoms with E-state index in [1.807, 2.05) is 0 Å². The van der Waals surface area contributed by atoms with Crippen molar-refractivity contribution in [2.75, 3.05) is 31.3 Å². The molecule has 0 unspecified atom stereocenters. The van der Waals surface area contributed by atoms with Crippen LogP contribution in [0.2, 0.25) is 0 Å². The second-order valence-electron chi connectivity index (χ2n) is 2.44. The maximum absolute atomic E-state index is 10.8. The molecule has 1 saturated heterocycles. The third-order valence-corrected chi connectivity index (χ3v) is 2.86. The first kappa shape index (κ1) is 8.61. The van der Waals surface area contributed by atoms with Crippen molar-refractivity contribution in [3.8, 4) is 0 Å². The summed E-state index contributed by atoms with van der Waals surface area (Å²) in [5.74, 6) is 1.15. The highest BCUT2D eigenvalue weighted by Gasteiger charge is 2.17. The van der Waals surface area contributed by atoms with Gasteiger partial charge in [-0.2, -0.15) is 0 Å².